The van der Waals surface area contributed by atoms with E-state index in [0.717, 1.165) is 23.9 Å². The molecule has 1 N–H and O–H groups in total. The number of hydrogen-bond donors (Lipinski definition) is 1. The van der Waals surface area contributed by atoms with Crippen molar-refractivity contribution >= 4 is 32.2 Å². The minimum Gasteiger partial charge on any atom is -0.373 e. The van der Waals surface area contributed by atoms with E-state index in [0.29, 0.717) is 6.42 Å². The molecule has 0 aromatic heterocycles. The third-order valence-corrected chi connectivity index (χ3v) is 7.47. The zero-order valence-corrected chi connectivity index (χ0v) is 16.0. The number of benzene rings is 2. The molecular formula is C20H24N2O3S. The van der Waals surface area contributed by atoms with Gasteiger partial charge in [-0.05, 0) is 48.8 Å². The van der Waals surface area contributed by atoms with Gasteiger partial charge in [0.2, 0.25) is 5.91 Å². The van der Waals surface area contributed by atoms with Crippen LogP contribution in [0.25, 0.3) is 10.8 Å². The van der Waals surface area contributed by atoms with Crippen LogP contribution in [0.2, 0.25) is 0 Å². The number of sulfone groups is 1. The maximum Gasteiger partial charge on any atom is 0.244 e. The van der Waals surface area contributed by atoms with Gasteiger partial charge in [0.1, 0.15) is 6.04 Å². The van der Waals surface area contributed by atoms with Crippen LogP contribution in [0.15, 0.2) is 30.3 Å². The summed E-state index contributed by atoms with van der Waals surface area (Å²) in [6.45, 7) is 1.84. The predicted octanol–water partition coefficient (Wildman–Crippen LogP) is 2.38. The Morgan fingerprint density at radius 2 is 1.92 bits per heavy atom. The molecule has 5 nitrogen and oxygen atoms in total. The summed E-state index contributed by atoms with van der Waals surface area (Å²) in [6, 6.07) is 9.90. The van der Waals surface area contributed by atoms with Gasteiger partial charge in [-0.2, -0.15) is 0 Å². The number of carbonyl (C=O) groups excluding carboxylic acids is 1. The molecule has 0 bridgehead atoms. The number of amides is 1. The molecule has 2 atom stereocenters. The first kappa shape index (κ1) is 17.3. The monoisotopic (exact) mass is 372 g/mol. The smallest absolute Gasteiger partial charge is 0.244 e. The first-order valence-electron chi connectivity index (χ1n) is 9.13. The zero-order chi connectivity index (χ0) is 18.5. The van der Waals surface area contributed by atoms with Crippen molar-refractivity contribution in [1.29, 1.82) is 0 Å². The molecule has 1 saturated heterocycles. The fourth-order valence-corrected chi connectivity index (χ4v) is 6.01. The number of carbonyl (C=O) groups is 1. The highest BCUT2D eigenvalue weighted by atomic mass is 32.2. The van der Waals surface area contributed by atoms with Crippen molar-refractivity contribution in [2.75, 3.05) is 23.9 Å². The lowest BCUT2D eigenvalue weighted by Gasteiger charge is -2.27. The third-order valence-electron chi connectivity index (χ3n) is 5.72. The summed E-state index contributed by atoms with van der Waals surface area (Å²) in [5.41, 5.74) is 3.70. The van der Waals surface area contributed by atoms with Gasteiger partial charge in [-0.3, -0.25) is 4.79 Å². The highest BCUT2D eigenvalue weighted by Gasteiger charge is 2.34. The highest BCUT2D eigenvalue weighted by Crippen LogP contribution is 2.35. The van der Waals surface area contributed by atoms with Crippen molar-refractivity contribution in [3.8, 4) is 0 Å². The number of anilines is 1. The Hall–Kier alpha value is -2.08. The van der Waals surface area contributed by atoms with Crippen molar-refractivity contribution in [2.45, 2.75) is 38.3 Å². The van der Waals surface area contributed by atoms with Gasteiger partial charge in [-0.15, -0.1) is 0 Å². The fourth-order valence-electron chi connectivity index (χ4n) is 4.23. The maximum atomic E-state index is 12.8. The van der Waals surface area contributed by atoms with Crippen LogP contribution in [0, 0.1) is 0 Å². The van der Waals surface area contributed by atoms with E-state index in [1.165, 1.54) is 16.5 Å². The van der Waals surface area contributed by atoms with E-state index in [4.69, 9.17) is 0 Å². The lowest BCUT2D eigenvalue weighted by Crippen LogP contribution is -2.45. The molecule has 26 heavy (non-hydrogen) atoms. The second-order valence-corrected chi connectivity index (χ2v) is 9.71. The Bertz CT molecular complexity index is 974. The molecule has 0 spiro atoms. The standard InChI is InChI=1S/C20H24N2O3S/c1-13(20(23)22(2)16-10-11-26(24,25)12-16)21-18-9-8-15-7-6-14-4-3-5-17(18)19(14)15/h3-5,8-9,13,16,21H,6-7,10-12H2,1-2H3/t13-,16+/m0/s1. The number of nitrogens with zero attached hydrogens (tertiary/aromatic N) is 1. The minimum atomic E-state index is -3.00. The molecule has 1 heterocycles. The van der Waals surface area contributed by atoms with Crippen LogP contribution in [-0.4, -0.2) is 49.9 Å². The number of nitrogens with one attached hydrogen (secondary N) is 1. The van der Waals surface area contributed by atoms with E-state index in [1.54, 1.807) is 11.9 Å². The molecule has 1 fully saturated rings. The average molecular weight is 372 g/mol. The van der Waals surface area contributed by atoms with Crippen molar-refractivity contribution in [1.82, 2.24) is 4.90 Å². The van der Waals surface area contributed by atoms with Crippen molar-refractivity contribution in [3.05, 3.63) is 41.5 Å². The van der Waals surface area contributed by atoms with Gasteiger partial charge in [-0.25, -0.2) is 8.42 Å². The normalized spacial score (nSPS) is 21.7. The van der Waals surface area contributed by atoms with Gasteiger partial charge in [0.25, 0.3) is 0 Å². The molecule has 2 aliphatic rings. The van der Waals surface area contributed by atoms with Gasteiger partial charge >= 0.3 is 0 Å². The second-order valence-electron chi connectivity index (χ2n) is 7.48. The van der Waals surface area contributed by atoms with Crippen molar-refractivity contribution in [2.24, 2.45) is 0 Å². The summed E-state index contributed by atoms with van der Waals surface area (Å²) in [7, 11) is -1.30. The van der Waals surface area contributed by atoms with E-state index >= 15 is 0 Å². The minimum absolute atomic E-state index is 0.0724. The van der Waals surface area contributed by atoms with E-state index in [2.05, 4.69) is 35.6 Å². The third kappa shape index (κ3) is 2.96. The molecule has 2 aromatic rings. The van der Waals surface area contributed by atoms with E-state index < -0.39 is 15.9 Å². The summed E-state index contributed by atoms with van der Waals surface area (Å²) in [4.78, 5) is 14.4. The molecule has 6 heteroatoms. The summed E-state index contributed by atoms with van der Waals surface area (Å²) in [5, 5.41) is 5.82. The molecule has 0 unspecified atom stereocenters. The number of hydrogen-bond acceptors (Lipinski definition) is 4. The fraction of sp³-hybridized carbons (Fsp3) is 0.450. The topological polar surface area (TPSA) is 66.5 Å². The van der Waals surface area contributed by atoms with Crippen molar-refractivity contribution < 1.29 is 13.2 Å². The van der Waals surface area contributed by atoms with Crippen LogP contribution in [0.4, 0.5) is 5.69 Å². The summed E-state index contributed by atoms with van der Waals surface area (Å²) in [6.07, 6.45) is 2.67. The summed E-state index contributed by atoms with van der Waals surface area (Å²) < 4.78 is 23.4. The Morgan fingerprint density at radius 1 is 1.19 bits per heavy atom. The molecular weight excluding hydrogens is 348 g/mol. The largest absolute Gasteiger partial charge is 0.373 e. The first-order chi connectivity index (χ1) is 12.4. The molecule has 0 radical (unpaired) electrons. The SMILES string of the molecule is C[C@H](Nc1ccc2c3c(cccc13)CC2)C(=O)N(C)[C@@H]1CCS(=O)(=O)C1. The second kappa shape index (κ2) is 6.27. The molecule has 138 valence electrons. The first-order valence-corrected chi connectivity index (χ1v) is 10.9. The van der Waals surface area contributed by atoms with Gasteiger partial charge in [0.05, 0.1) is 11.5 Å². The lowest BCUT2D eigenvalue weighted by atomic mass is 10.0. The van der Waals surface area contributed by atoms with Gasteiger partial charge in [0.15, 0.2) is 9.84 Å². The Balaban J connectivity index is 1.54. The van der Waals surface area contributed by atoms with Crippen LogP contribution in [0.5, 0.6) is 0 Å². The number of rotatable bonds is 4. The zero-order valence-electron chi connectivity index (χ0n) is 15.2. The molecule has 2 aromatic carbocycles. The van der Waals surface area contributed by atoms with Crippen LogP contribution >= 0.6 is 0 Å². The highest BCUT2D eigenvalue weighted by molar-refractivity contribution is 7.91. The van der Waals surface area contributed by atoms with Gasteiger partial charge < -0.3 is 10.2 Å². The van der Waals surface area contributed by atoms with E-state index in [9.17, 15) is 13.2 Å². The Morgan fingerprint density at radius 3 is 2.62 bits per heavy atom. The van der Waals surface area contributed by atoms with Crippen LogP contribution in [-0.2, 0) is 27.5 Å². The summed E-state index contributed by atoms with van der Waals surface area (Å²) >= 11 is 0. The number of aryl methyl sites for hydroxylation is 2. The molecule has 1 amide bonds. The molecule has 1 aliphatic heterocycles. The van der Waals surface area contributed by atoms with Gasteiger partial charge in [-0.1, -0.05) is 24.3 Å². The van der Waals surface area contributed by atoms with Gasteiger partial charge in [0, 0.05) is 24.2 Å². The van der Waals surface area contributed by atoms with Crippen molar-refractivity contribution in [3.63, 3.8) is 0 Å². The average Bonchev–Trinajstić information content (AvgIpc) is 3.20. The summed E-state index contributed by atoms with van der Waals surface area (Å²) in [5.74, 6) is 0.171. The van der Waals surface area contributed by atoms with E-state index in [-0.39, 0.29) is 23.5 Å². The van der Waals surface area contributed by atoms with Crippen LogP contribution in [0.3, 0.4) is 0 Å². The number of likely N-dealkylation sites (N-methyl/N-ethyl adjacent to an activating group) is 1. The maximum absolute atomic E-state index is 12.8. The lowest BCUT2D eigenvalue weighted by molar-refractivity contribution is -0.131. The van der Waals surface area contributed by atoms with E-state index in [1.807, 2.05) is 6.92 Å². The van der Waals surface area contributed by atoms with Crippen LogP contribution < -0.4 is 5.32 Å². The molecule has 1 aliphatic carbocycles. The predicted molar refractivity (Wildman–Crippen MR) is 104 cm³/mol. The Kier molecular flexibility index (Phi) is 4.18. The Labute approximate surface area is 154 Å². The molecule has 0 saturated carbocycles. The quantitative estimate of drug-likeness (QED) is 0.895. The molecule has 4 rings (SSSR count). The van der Waals surface area contributed by atoms with Crippen LogP contribution in [0.1, 0.15) is 24.5 Å².